The van der Waals surface area contributed by atoms with E-state index in [-0.39, 0.29) is 21.7 Å². The van der Waals surface area contributed by atoms with Gasteiger partial charge in [-0.3, -0.25) is 0 Å². The van der Waals surface area contributed by atoms with Crippen molar-refractivity contribution >= 4 is 11.8 Å². The van der Waals surface area contributed by atoms with Crippen molar-refractivity contribution in [2.75, 3.05) is 0 Å². The number of aromatic hydroxyl groups is 2. The van der Waals surface area contributed by atoms with Gasteiger partial charge < -0.3 is 10.2 Å². The predicted molar refractivity (Wildman–Crippen MR) is 144 cm³/mol. The Kier molecular flexibility index (Phi) is 7.71. The molecule has 2 nitrogen and oxygen atoms in total. The fourth-order valence-electron chi connectivity index (χ4n) is 5.62. The normalized spacial score (nSPS) is 13.5. The molecule has 0 saturated carbocycles. The highest BCUT2D eigenvalue weighted by atomic mass is 32.2. The van der Waals surface area contributed by atoms with Crippen LogP contribution in [0.1, 0.15) is 104 Å². The van der Waals surface area contributed by atoms with Crippen LogP contribution in [0, 0.1) is 24.7 Å². The largest absolute Gasteiger partial charge is 0.508 e. The lowest BCUT2D eigenvalue weighted by atomic mass is 9.72. The van der Waals surface area contributed by atoms with Crippen LogP contribution in [0.3, 0.4) is 0 Å². The second-order valence-electron chi connectivity index (χ2n) is 13.6. The van der Waals surface area contributed by atoms with Crippen LogP contribution in [-0.2, 0) is 10.8 Å². The van der Waals surface area contributed by atoms with Crippen molar-refractivity contribution in [2.45, 2.75) is 117 Å². The number of hydrogen-bond donors (Lipinski definition) is 2. The van der Waals surface area contributed by atoms with Crippen molar-refractivity contribution in [3.63, 3.8) is 0 Å². The first-order chi connectivity index (χ1) is 14.7. The van der Waals surface area contributed by atoms with Crippen molar-refractivity contribution in [3.8, 4) is 11.5 Å². The smallest absolute Gasteiger partial charge is 0.120 e. The van der Waals surface area contributed by atoms with Crippen LogP contribution in [0.25, 0.3) is 0 Å². The van der Waals surface area contributed by atoms with Crippen LogP contribution in [0.5, 0.6) is 11.5 Å². The SMILES string of the molecule is Cc1cc(C(C)(C)CC(C)(C)C)c(O)cc1Sc1cc(O)c(C(C)(C)CC(C)(C)C)cc1C. The maximum atomic E-state index is 10.9. The monoisotopic (exact) mass is 470 g/mol. The molecule has 0 heterocycles. The van der Waals surface area contributed by atoms with E-state index >= 15 is 0 Å². The molecule has 0 radical (unpaired) electrons. The van der Waals surface area contributed by atoms with Gasteiger partial charge >= 0.3 is 0 Å². The minimum Gasteiger partial charge on any atom is -0.508 e. The third kappa shape index (κ3) is 7.18. The summed E-state index contributed by atoms with van der Waals surface area (Å²) in [5.41, 5.74) is 4.39. The summed E-state index contributed by atoms with van der Waals surface area (Å²) in [6.07, 6.45) is 1.97. The molecular weight excluding hydrogens is 424 g/mol. The molecule has 0 aliphatic heterocycles. The molecule has 0 atom stereocenters. The summed E-state index contributed by atoms with van der Waals surface area (Å²) < 4.78 is 0. The molecule has 0 unspecified atom stereocenters. The quantitative estimate of drug-likeness (QED) is 0.442. The summed E-state index contributed by atoms with van der Waals surface area (Å²) in [6, 6.07) is 8.07. The lowest BCUT2D eigenvalue weighted by Gasteiger charge is -2.34. The molecule has 33 heavy (non-hydrogen) atoms. The second-order valence-corrected chi connectivity index (χ2v) is 14.7. The molecule has 3 heteroatoms. The van der Waals surface area contributed by atoms with E-state index in [1.165, 1.54) is 0 Å². The Hall–Kier alpha value is -1.61. The molecule has 0 spiro atoms. The van der Waals surface area contributed by atoms with E-state index in [2.05, 4.69) is 95.2 Å². The zero-order chi connectivity index (χ0) is 25.6. The van der Waals surface area contributed by atoms with Crippen molar-refractivity contribution in [2.24, 2.45) is 10.8 Å². The Morgan fingerprint density at radius 3 is 1.15 bits per heavy atom. The van der Waals surface area contributed by atoms with Crippen molar-refractivity contribution in [1.82, 2.24) is 0 Å². The molecule has 0 saturated heterocycles. The average molecular weight is 471 g/mol. The highest BCUT2D eigenvalue weighted by Crippen LogP contribution is 2.46. The lowest BCUT2D eigenvalue weighted by molar-refractivity contribution is 0.277. The van der Waals surface area contributed by atoms with Gasteiger partial charge in [-0.05, 0) is 82.7 Å². The van der Waals surface area contributed by atoms with Crippen LogP contribution >= 0.6 is 11.8 Å². The van der Waals surface area contributed by atoms with Gasteiger partial charge in [-0.15, -0.1) is 0 Å². The summed E-state index contributed by atoms with van der Waals surface area (Å²) in [5, 5.41) is 21.9. The number of rotatable bonds is 6. The molecule has 2 aromatic rings. The summed E-state index contributed by atoms with van der Waals surface area (Å²) in [4.78, 5) is 2.04. The minimum atomic E-state index is -0.120. The van der Waals surface area contributed by atoms with Crippen molar-refractivity contribution in [1.29, 1.82) is 0 Å². The molecule has 0 aliphatic carbocycles. The van der Waals surface area contributed by atoms with Gasteiger partial charge in [0.2, 0.25) is 0 Å². The zero-order valence-corrected chi connectivity index (χ0v) is 23.8. The van der Waals surface area contributed by atoms with E-state index in [0.717, 1.165) is 44.9 Å². The number of phenols is 2. The number of phenolic OH excluding ortho intramolecular Hbond substituents is 2. The van der Waals surface area contributed by atoms with E-state index in [4.69, 9.17) is 0 Å². The second kappa shape index (κ2) is 9.21. The summed E-state index contributed by atoms with van der Waals surface area (Å²) in [5.74, 6) is 0.698. The highest BCUT2D eigenvalue weighted by molar-refractivity contribution is 7.99. The highest BCUT2D eigenvalue weighted by Gasteiger charge is 2.31. The molecule has 184 valence electrons. The van der Waals surface area contributed by atoms with Gasteiger partial charge in [0.05, 0.1) is 0 Å². The standard InChI is InChI=1S/C30H46O2S/c1-19-13-21(29(9,10)17-27(3,4)5)23(31)15-25(19)33-26-16-24(32)22(14-20(26)2)30(11,12)18-28(6,7)8/h13-16,31-32H,17-18H2,1-12H3. The minimum absolute atomic E-state index is 0.120. The first-order valence-corrected chi connectivity index (χ1v) is 12.9. The van der Waals surface area contributed by atoms with E-state index < -0.39 is 0 Å². The molecule has 0 amide bonds. The number of hydrogen-bond acceptors (Lipinski definition) is 3. The van der Waals surface area contributed by atoms with Crippen LogP contribution in [0.4, 0.5) is 0 Å². The third-order valence-electron chi connectivity index (χ3n) is 6.21. The molecular formula is C30H46O2S. The summed E-state index contributed by atoms with van der Waals surface area (Å²) in [7, 11) is 0. The van der Waals surface area contributed by atoms with Crippen LogP contribution < -0.4 is 0 Å². The van der Waals surface area contributed by atoms with E-state index in [1.807, 2.05) is 12.1 Å². The molecule has 2 aromatic carbocycles. The van der Waals surface area contributed by atoms with Gasteiger partial charge in [0.15, 0.2) is 0 Å². The van der Waals surface area contributed by atoms with E-state index in [9.17, 15) is 10.2 Å². The van der Waals surface area contributed by atoms with Crippen molar-refractivity contribution in [3.05, 3.63) is 46.5 Å². The molecule has 0 fully saturated rings. The Labute approximate surface area is 207 Å². The Morgan fingerprint density at radius 2 is 0.879 bits per heavy atom. The van der Waals surface area contributed by atoms with E-state index in [0.29, 0.717) is 11.5 Å². The van der Waals surface area contributed by atoms with Gasteiger partial charge in [0, 0.05) is 9.79 Å². The van der Waals surface area contributed by atoms with Gasteiger partial charge in [0.25, 0.3) is 0 Å². The number of benzene rings is 2. The molecule has 0 aromatic heterocycles. The molecule has 0 bridgehead atoms. The van der Waals surface area contributed by atoms with Crippen LogP contribution in [-0.4, -0.2) is 10.2 Å². The number of aryl methyl sites for hydroxylation is 2. The van der Waals surface area contributed by atoms with Gasteiger partial charge in [-0.25, -0.2) is 0 Å². The molecule has 2 rings (SSSR count). The van der Waals surface area contributed by atoms with Crippen LogP contribution in [0.15, 0.2) is 34.1 Å². The van der Waals surface area contributed by atoms with Gasteiger partial charge in [-0.1, -0.05) is 93.1 Å². The maximum absolute atomic E-state index is 10.9. The van der Waals surface area contributed by atoms with Crippen molar-refractivity contribution < 1.29 is 10.2 Å². The first kappa shape index (κ1) is 27.6. The Balaban J connectivity index is 2.40. The zero-order valence-electron chi connectivity index (χ0n) is 23.0. The third-order valence-corrected chi connectivity index (χ3v) is 7.53. The van der Waals surface area contributed by atoms with Gasteiger partial charge in [-0.2, -0.15) is 0 Å². The fourth-order valence-corrected chi connectivity index (χ4v) is 6.64. The average Bonchev–Trinajstić information content (AvgIpc) is 2.56. The summed E-state index contributed by atoms with van der Waals surface area (Å²) >= 11 is 1.61. The predicted octanol–water partition coefficient (Wildman–Crippen LogP) is 9.29. The topological polar surface area (TPSA) is 40.5 Å². The first-order valence-electron chi connectivity index (χ1n) is 12.1. The fraction of sp³-hybridized carbons (Fsp3) is 0.600. The molecule has 0 aliphatic rings. The Bertz CT molecular complexity index is 920. The van der Waals surface area contributed by atoms with Crippen LogP contribution in [0.2, 0.25) is 0 Å². The maximum Gasteiger partial charge on any atom is 0.120 e. The van der Waals surface area contributed by atoms with Gasteiger partial charge in [0.1, 0.15) is 11.5 Å². The lowest BCUT2D eigenvalue weighted by Crippen LogP contribution is -2.25. The summed E-state index contributed by atoms with van der Waals surface area (Å²) in [6.45, 7) is 26.5. The molecule has 2 N–H and O–H groups in total. The van der Waals surface area contributed by atoms with E-state index in [1.54, 1.807) is 11.8 Å². The Morgan fingerprint density at radius 1 is 0.576 bits per heavy atom.